The molecule has 1 aliphatic rings. The van der Waals surface area contributed by atoms with E-state index < -0.39 is 11.9 Å². The summed E-state index contributed by atoms with van der Waals surface area (Å²) in [5, 5.41) is 11.7. The molecule has 2 amide bonds. The maximum absolute atomic E-state index is 12.5. The van der Waals surface area contributed by atoms with Gasteiger partial charge in [-0.15, -0.1) is 0 Å². The summed E-state index contributed by atoms with van der Waals surface area (Å²) >= 11 is 0. The number of nitrogens with one attached hydrogen (secondary N) is 1. The van der Waals surface area contributed by atoms with Gasteiger partial charge in [0.1, 0.15) is 12.4 Å². The van der Waals surface area contributed by atoms with Gasteiger partial charge in [-0.1, -0.05) is 18.6 Å². The van der Waals surface area contributed by atoms with Gasteiger partial charge in [0.05, 0.1) is 18.4 Å². The molecule has 0 fully saturated rings. The lowest BCUT2D eigenvalue weighted by molar-refractivity contribution is -0.136. The van der Waals surface area contributed by atoms with Gasteiger partial charge in [0.15, 0.2) is 0 Å². The van der Waals surface area contributed by atoms with Crippen LogP contribution in [-0.2, 0) is 29.0 Å². The third-order valence-corrected chi connectivity index (χ3v) is 4.90. The van der Waals surface area contributed by atoms with Crippen molar-refractivity contribution in [3.8, 4) is 5.75 Å². The van der Waals surface area contributed by atoms with Crippen molar-refractivity contribution in [2.24, 2.45) is 0 Å². The van der Waals surface area contributed by atoms with Crippen LogP contribution in [0.2, 0.25) is 0 Å². The van der Waals surface area contributed by atoms with Crippen LogP contribution in [0.25, 0.3) is 0 Å². The van der Waals surface area contributed by atoms with E-state index in [-0.39, 0.29) is 19.1 Å². The average Bonchev–Trinajstić information content (AvgIpc) is 3.05. The van der Waals surface area contributed by atoms with Gasteiger partial charge in [0.2, 0.25) is 0 Å². The van der Waals surface area contributed by atoms with Gasteiger partial charge in [-0.3, -0.25) is 4.79 Å². The summed E-state index contributed by atoms with van der Waals surface area (Å²) in [7, 11) is 4.78. The Bertz CT molecular complexity index is 857. The van der Waals surface area contributed by atoms with E-state index in [4.69, 9.17) is 14.6 Å². The number of methoxy groups -OCH3 is 1. The van der Waals surface area contributed by atoms with Crippen LogP contribution >= 0.6 is 0 Å². The van der Waals surface area contributed by atoms with Crippen molar-refractivity contribution in [1.29, 1.82) is 0 Å². The van der Waals surface area contributed by atoms with Crippen LogP contribution in [0.15, 0.2) is 11.6 Å². The maximum Gasteiger partial charge on any atom is 0.341 e. The lowest BCUT2D eigenvalue weighted by Gasteiger charge is -2.22. The fourth-order valence-corrected chi connectivity index (χ4v) is 3.33. The number of hydrogen-bond donors (Lipinski definition) is 2. The second-order valence-corrected chi connectivity index (χ2v) is 7.12. The number of rotatable bonds is 8. The molecule has 2 N–H and O–H groups in total. The first-order valence-electron chi connectivity index (χ1n) is 9.48. The topological polar surface area (TPSA) is 105 Å². The molecule has 1 aromatic carbocycles. The zero-order valence-corrected chi connectivity index (χ0v) is 17.5. The van der Waals surface area contributed by atoms with E-state index >= 15 is 0 Å². The summed E-state index contributed by atoms with van der Waals surface area (Å²) in [6.45, 7) is 3.97. The number of amides is 2. The van der Waals surface area contributed by atoms with Crippen LogP contribution in [0.3, 0.4) is 0 Å². The molecule has 8 nitrogen and oxygen atoms in total. The van der Waals surface area contributed by atoms with E-state index in [1.165, 1.54) is 4.90 Å². The van der Waals surface area contributed by atoms with Gasteiger partial charge in [-0.25, -0.2) is 9.59 Å². The molecule has 0 unspecified atom stereocenters. The Morgan fingerprint density at radius 1 is 1.28 bits per heavy atom. The Morgan fingerprint density at radius 2 is 1.97 bits per heavy atom. The Kier molecular flexibility index (Phi) is 7.25. The Morgan fingerprint density at radius 3 is 2.52 bits per heavy atom. The number of benzene rings is 1. The normalized spacial score (nSPS) is 13.0. The van der Waals surface area contributed by atoms with E-state index in [9.17, 15) is 14.4 Å². The molecule has 1 aliphatic heterocycles. The number of esters is 1. The highest BCUT2D eigenvalue weighted by molar-refractivity contribution is 6.05. The lowest BCUT2D eigenvalue weighted by atomic mass is 9.91. The zero-order valence-electron chi connectivity index (χ0n) is 17.5. The molecule has 8 heteroatoms. The SMILES string of the molecule is CCc1c2c(c(NC(=O)N(C)C)c(C/C=C(\C)CCC(=O)O)c1OC)C(=O)OC2. The predicted octanol–water partition coefficient (Wildman–Crippen LogP) is 3.38. The molecule has 0 radical (unpaired) electrons. The van der Waals surface area contributed by atoms with Crippen LogP contribution in [0.1, 0.15) is 53.7 Å². The van der Waals surface area contributed by atoms with Crippen LogP contribution < -0.4 is 10.1 Å². The largest absolute Gasteiger partial charge is 0.496 e. The average molecular weight is 404 g/mol. The van der Waals surface area contributed by atoms with Gasteiger partial charge < -0.3 is 24.8 Å². The van der Waals surface area contributed by atoms with Crippen molar-refractivity contribution in [2.45, 2.75) is 46.1 Å². The molecule has 1 heterocycles. The van der Waals surface area contributed by atoms with Gasteiger partial charge in [0.25, 0.3) is 0 Å². The van der Waals surface area contributed by atoms with Crippen molar-refractivity contribution in [3.63, 3.8) is 0 Å². The fourth-order valence-electron chi connectivity index (χ4n) is 3.33. The third kappa shape index (κ3) is 4.88. The summed E-state index contributed by atoms with van der Waals surface area (Å²) in [5.74, 6) is -0.719. The summed E-state index contributed by atoms with van der Waals surface area (Å²) < 4.78 is 10.9. The Labute approximate surface area is 170 Å². The first-order chi connectivity index (χ1) is 13.7. The van der Waals surface area contributed by atoms with Crippen LogP contribution in [0.5, 0.6) is 5.75 Å². The number of urea groups is 1. The standard InChI is InChI=1S/C21H28N2O6/c1-6-13-15-11-29-20(26)17(15)18(22-21(27)23(3)4)14(19(13)28-5)9-7-12(2)8-10-16(24)25/h7H,6,8-11H2,1-5H3,(H,22,27)(H,24,25)/b12-7+. The molecule has 2 rings (SSSR count). The second-order valence-electron chi connectivity index (χ2n) is 7.12. The summed E-state index contributed by atoms with van der Waals surface area (Å²) in [6.07, 6.45) is 3.38. The van der Waals surface area contributed by atoms with Gasteiger partial charge in [-0.05, 0) is 26.2 Å². The molecule has 0 aliphatic carbocycles. The van der Waals surface area contributed by atoms with Gasteiger partial charge in [-0.2, -0.15) is 0 Å². The first kappa shape index (κ1) is 22.3. The number of carbonyl (C=O) groups is 3. The molecule has 1 aromatic rings. The number of fused-ring (bicyclic) bond motifs is 1. The van der Waals surface area contributed by atoms with Gasteiger partial charge >= 0.3 is 18.0 Å². The van der Waals surface area contributed by atoms with Crippen molar-refractivity contribution in [3.05, 3.63) is 33.9 Å². The highest BCUT2D eigenvalue weighted by Gasteiger charge is 2.33. The van der Waals surface area contributed by atoms with E-state index in [1.54, 1.807) is 21.2 Å². The number of carbonyl (C=O) groups excluding carboxylic acids is 2. The molecular formula is C21H28N2O6. The predicted molar refractivity (Wildman–Crippen MR) is 109 cm³/mol. The summed E-state index contributed by atoms with van der Waals surface area (Å²) in [4.78, 5) is 37.0. The minimum atomic E-state index is -0.859. The quantitative estimate of drug-likeness (QED) is 0.508. The summed E-state index contributed by atoms with van der Waals surface area (Å²) in [6, 6.07) is -0.369. The smallest absolute Gasteiger partial charge is 0.341 e. The number of aliphatic carboxylic acids is 1. The third-order valence-electron chi connectivity index (χ3n) is 4.90. The van der Waals surface area contributed by atoms with Gasteiger partial charge in [0, 0.05) is 37.2 Å². The number of hydrogen-bond acceptors (Lipinski definition) is 5. The van der Waals surface area contributed by atoms with Crippen LogP contribution in [0.4, 0.5) is 10.5 Å². The molecular weight excluding hydrogens is 376 g/mol. The molecule has 0 bridgehead atoms. The molecule has 0 aromatic heterocycles. The van der Waals surface area contributed by atoms with Crippen LogP contribution in [-0.4, -0.2) is 49.2 Å². The number of carboxylic acids is 1. The van der Waals surface area contributed by atoms with Crippen molar-refractivity contribution in [1.82, 2.24) is 4.90 Å². The van der Waals surface area contributed by atoms with Crippen molar-refractivity contribution >= 4 is 23.7 Å². The Hall–Kier alpha value is -3.03. The molecule has 29 heavy (non-hydrogen) atoms. The minimum absolute atomic E-state index is 0.0421. The number of nitrogens with zero attached hydrogens (tertiary/aromatic N) is 1. The summed E-state index contributed by atoms with van der Waals surface area (Å²) in [5.41, 5.74) is 3.94. The van der Waals surface area contributed by atoms with E-state index in [1.807, 2.05) is 19.9 Å². The number of cyclic esters (lactones) is 1. The second kappa shape index (κ2) is 9.45. The highest BCUT2D eigenvalue weighted by atomic mass is 16.5. The number of carboxylic acid groups (broad SMARTS) is 1. The number of allylic oxidation sites excluding steroid dienone is 2. The number of anilines is 1. The lowest BCUT2D eigenvalue weighted by Crippen LogP contribution is -2.29. The van der Waals surface area contributed by atoms with Crippen LogP contribution in [0, 0.1) is 0 Å². The molecule has 0 spiro atoms. The Balaban J connectivity index is 2.60. The maximum atomic E-state index is 12.5. The monoisotopic (exact) mass is 404 g/mol. The van der Waals surface area contributed by atoms with E-state index in [0.29, 0.717) is 41.8 Å². The van der Waals surface area contributed by atoms with Crippen molar-refractivity contribution < 1.29 is 29.0 Å². The minimum Gasteiger partial charge on any atom is -0.496 e. The molecule has 0 atom stereocenters. The first-order valence-corrected chi connectivity index (χ1v) is 9.48. The number of ether oxygens (including phenoxy) is 2. The highest BCUT2D eigenvalue weighted by Crippen LogP contribution is 2.42. The van der Waals surface area contributed by atoms with E-state index in [0.717, 1.165) is 16.7 Å². The van der Waals surface area contributed by atoms with Crippen molar-refractivity contribution in [2.75, 3.05) is 26.5 Å². The fraction of sp³-hybridized carbons (Fsp3) is 0.476. The molecule has 0 saturated carbocycles. The zero-order chi connectivity index (χ0) is 21.7. The molecule has 0 saturated heterocycles. The molecule has 158 valence electrons. The van der Waals surface area contributed by atoms with E-state index in [2.05, 4.69) is 5.32 Å².